The lowest BCUT2D eigenvalue weighted by Crippen LogP contribution is -2.41. The molecule has 0 saturated heterocycles. The van der Waals surface area contributed by atoms with Crippen LogP contribution in [0.5, 0.6) is 0 Å². The van der Waals surface area contributed by atoms with Gasteiger partial charge in [0.2, 0.25) is 0 Å². The van der Waals surface area contributed by atoms with Crippen LogP contribution in [0.2, 0.25) is 0 Å². The van der Waals surface area contributed by atoms with Gasteiger partial charge in [-0.25, -0.2) is 8.42 Å². The molecule has 0 unspecified atom stereocenters. The number of rotatable bonds is 4. The molecule has 0 aromatic heterocycles. The summed E-state index contributed by atoms with van der Waals surface area (Å²) < 4.78 is 23.8. The summed E-state index contributed by atoms with van der Waals surface area (Å²) in [5.74, 6) is 0. The highest BCUT2D eigenvalue weighted by molar-refractivity contribution is 7.91. The van der Waals surface area contributed by atoms with Crippen molar-refractivity contribution in [3.8, 4) is 0 Å². The van der Waals surface area contributed by atoms with Gasteiger partial charge in [0, 0.05) is 18.8 Å². The summed E-state index contributed by atoms with van der Waals surface area (Å²) >= 11 is 0. The fourth-order valence-electron chi connectivity index (χ4n) is 3.38. The SMILES string of the molecule is Cc1cccc(C)c1CN(C)[C@H]1CCC[C@H]1S(C)(=O)=O. The van der Waals surface area contributed by atoms with Gasteiger partial charge in [0.1, 0.15) is 0 Å². The van der Waals surface area contributed by atoms with Crippen molar-refractivity contribution in [1.82, 2.24) is 4.90 Å². The topological polar surface area (TPSA) is 37.4 Å². The van der Waals surface area contributed by atoms with Crippen LogP contribution in [0.3, 0.4) is 0 Å². The lowest BCUT2D eigenvalue weighted by atomic mass is 10.0. The Kier molecular flexibility index (Phi) is 4.55. The van der Waals surface area contributed by atoms with Crippen molar-refractivity contribution in [2.45, 2.75) is 50.9 Å². The molecule has 1 aromatic rings. The molecule has 0 amide bonds. The molecule has 20 heavy (non-hydrogen) atoms. The minimum absolute atomic E-state index is 0.156. The number of nitrogens with zero attached hydrogens (tertiary/aromatic N) is 1. The second-order valence-electron chi connectivity index (χ2n) is 6.15. The molecule has 0 heterocycles. The Labute approximate surface area is 122 Å². The van der Waals surface area contributed by atoms with E-state index in [-0.39, 0.29) is 11.3 Å². The lowest BCUT2D eigenvalue weighted by molar-refractivity contribution is 0.238. The zero-order chi connectivity index (χ0) is 14.9. The maximum atomic E-state index is 11.9. The van der Waals surface area contributed by atoms with E-state index in [0.717, 1.165) is 25.8 Å². The molecule has 1 aromatic carbocycles. The standard InChI is InChI=1S/C16H25NO2S/c1-12-7-5-8-13(2)14(12)11-17(3)15-9-6-10-16(15)20(4,18)19/h5,7-8,15-16H,6,9-11H2,1-4H3/t15-,16+/m0/s1. The first kappa shape index (κ1) is 15.5. The summed E-state index contributed by atoms with van der Waals surface area (Å²) in [6, 6.07) is 6.48. The molecular formula is C16H25NO2S. The van der Waals surface area contributed by atoms with Gasteiger partial charge in [-0.1, -0.05) is 24.6 Å². The van der Waals surface area contributed by atoms with Gasteiger partial charge in [0.15, 0.2) is 9.84 Å². The Balaban J connectivity index is 2.18. The first-order valence-electron chi connectivity index (χ1n) is 7.25. The van der Waals surface area contributed by atoms with Crippen molar-refractivity contribution in [2.75, 3.05) is 13.3 Å². The van der Waals surface area contributed by atoms with E-state index in [1.54, 1.807) is 0 Å². The molecule has 0 spiro atoms. The molecule has 1 aliphatic carbocycles. The second kappa shape index (κ2) is 5.86. The summed E-state index contributed by atoms with van der Waals surface area (Å²) in [6.07, 6.45) is 4.18. The maximum absolute atomic E-state index is 11.9. The number of hydrogen-bond donors (Lipinski definition) is 0. The van der Waals surface area contributed by atoms with Crippen LogP contribution in [0.1, 0.15) is 36.0 Å². The third-order valence-corrected chi connectivity index (χ3v) is 6.24. The lowest BCUT2D eigenvalue weighted by Gasteiger charge is -2.29. The van der Waals surface area contributed by atoms with Gasteiger partial charge in [0.25, 0.3) is 0 Å². The van der Waals surface area contributed by atoms with Gasteiger partial charge in [-0.3, -0.25) is 4.90 Å². The van der Waals surface area contributed by atoms with Crippen molar-refractivity contribution in [1.29, 1.82) is 0 Å². The zero-order valence-corrected chi connectivity index (χ0v) is 13.7. The van der Waals surface area contributed by atoms with Gasteiger partial charge in [-0.05, 0) is 50.4 Å². The van der Waals surface area contributed by atoms with Crippen LogP contribution in [0.15, 0.2) is 18.2 Å². The third kappa shape index (κ3) is 3.23. The molecule has 2 atom stereocenters. The maximum Gasteiger partial charge on any atom is 0.151 e. The molecule has 1 fully saturated rings. The first-order chi connectivity index (χ1) is 9.30. The van der Waals surface area contributed by atoms with Gasteiger partial charge in [-0.15, -0.1) is 0 Å². The van der Waals surface area contributed by atoms with E-state index >= 15 is 0 Å². The molecular weight excluding hydrogens is 270 g/mol. The van der Waals surface area contributed by atoms with Crippen LogP contribution in [0, 0.1) is 13.8 Å². The van der Waals surface area contributed by atoms with E-state index in [1.165, 1.54) is 22.9 Å². The van der Waals surface area contributed by atoms with Crippen molar-refractivity contribution in [3.05, 3.63) is 34.9 Å². The van der Waals surface area contributed by atoms with Crippen LogP contribution in [-0.4, -0.2) is 37.9 Å². The minimum atomic E-state index is -2.95. The van der Waals surface area contributed by atoms with E-state index in [9.17, 15) is 8.42 Å². The number of benzene rings is 1. The summed E-state index contributed by atoms with van der Waals surface area (Å²) in [5.41, 5.74) is 3.89. The fraction of sp³-hybridized carbons (Fsp3) is 0.625. The molecule has 0 N–H and O–H groups in total. The van der Waals surface area contributed by atoms with Gasteiger partial charge < -0.3 is 0 Å². The van der Waals surface area contributed by atoms with Crippen LogP contribution < -0.4 is 0 Å². The first-order valence-corrected chi connectivity index (χ1v) is 9.20. The molecule has 0 bridgehead atoms. The summed E-state index contributed by atoms with van der Waals surface area (Å²) in [7, 11) is -0.895. The predicted octanol–water partition coefficient (Wildman–Crippen LogP) is 2.70. The van der Waals surface area contributed by atoms with Crippen LogP contribution in [0.25, 0.3) is 0 Å². The van der Waals surface area contributed by atoms with E-state index in [4.69, 9.17) is 0 Å². The Bertz CT molecular complexity index is 560. The normalized spacial score (nSPS) is 23.4. The predicted molar refractivity (Wildman–Crippen MR) is 83.7 cm³/mol. The Morgan fingerprint density at radius 1 is 1.20 bits per heavy atom. The molecule has 2 rings (SSSR count). The van der Waals surface area contributed by atoms with Crippen molar-refractivity contribution in [2.24, 2.45) is 0 Å². The molecule has 1 aliphatic rings. The Hall–Kier alpha value is -0.870. The average Bonchev–Trinajstić information content (AvgIpc) is 2.82. The molecule has 112 valence electrons. The molecule has 3 nitrogen and oxygen atoms in total. The Morgan fingerprint density at radius 2 is 1.80 bits per heavy atom. The zero-order valence-electron chi connectivity index (χ0n) is 12.9. The van der Waals surface area contributed by atoms with E-state index in [0.29, 0.717) is 0 Å². The van der Waals surface area contributed by atoms with E-state index in [1.807, 2.05) is 0 Å². The summed E-state index contributed by atoms with van der Waals surface area (Å²) in [5, 5.41) is -0.197. The number of aryl methyl sites for hydroxylation is 2. The third-order valence-electron chi connectivity index (χ3n) is 4.59. The van der Waals surface area contributed by atoms with Crippen LogP contribution in [0.4, 0.5) is 0 Å². The molecule has 4 heteroatoms. The van der Waals surface area contributed by atoms with Crippen molar-refractivity contribution < 1.29 is 8.42 Å². The highest BCUT2D eigenvalue weighted by atomic mass is 32.2. The highest BCUT2D eigenvalue weighted by Gasteiger charge is 2.37. The van der Waals surface area contributed by atoms with Crippen LogP contribution >= 0.6 is 0 Å². The Morgan fingerprint density at radius 3 is 2.35 bits per heavy atom. The van der Waals surface area contributed by atoms with Gasteiger partial charge in [0.05, 0.1) is 5.25 Å². The summed E-state index contributed by atoms with van der Waals surface area (Å²) in [4.78, 5) is 2.23. The van der Waals surface area contributed by atoms with Crippen LogP contribution in [-0.2, 0) is 16.4 Å². The second-order valence-corrected chi connectivity index (χ2v) is 8.42. The molecule has 1 saturated carbocycles. The van der Waals surface area contributed by atoms with Crippen molar-refractivity contribution in [3.63, 3.8) is 0 Å². The summed E-state index contributed by atoms with van der Waals surface area (Å²) in [6.45, 7) is 5.08. The minimum Gasteiger partial charge on any atom is -0.298 e. The fourth-order valence-corrected chi connectivity index (χ4v) is 4.88. The highest BCUT2D eigenvalue weighted by Crippen LogP contribution is 2.30. The number of sulfone groups is 1. The molecule has 0 radical (unpaired) electrons. The van der Waals surface area contributed by atoms with Gasteiger partial charge in [-0.2, -0.15) is 0 Å². The van der Waals surface area contributed by atoms with Gasteiger partial charge >= 0.3 is 0 Å². The smallest absolute Gasteiger partial charge is 0.151 e. The van der Waals surface area contributed by atoms with Crippen molar-refractivity contribution >= 4 is 9.84 Å². The number of hydrogen-bond acceptors (Lipinski definition) is 3. The van der Waals surface area contributed by atoms with E-state index in [2.05, 4.69) is 44.0 Å². The molecule has 0 aliphatic heterocycles. The van der Waals surface area contributed by atoms with E-state index < -0.39 is 9.84 Å². The average molecular weight is 295 g/mol. The largest absolute Gasteiger partial charge is 0.298 e. The quantitative estimate of drug-likeness (QED) is 0.857. The monoisotopic (exact) mass is 295 g/mol.